The lowest BCUT2D eigenvalue weighted by atomic mass is 10.2. The summed E-state index contributed by atoms with van der Waals surface area (Å²) in [7, 11) is -2.03. The molecule has 7 heteroatoms. The molecule has 0 fully saturated rings. The first kappa shape index (κ1) is 18.8. The summed E-state index contributed by atoms with van der Waals surface area (Å²) >= 11 is 0. The maximum absolute atomic E-state index is 12.3. The molecule has 6 nitrogen and oxygen atoms in total. The Morgan fingerprint density at radius 2 is 1.72 bits per heavy atom. The van der Waals surface area contributed by atoms with Gasteiger partial charge in [-0.2, -0.15) is 0 Å². The molecule has 0 radical (unpaired) electrons. The minimum absolute atomic E-state index is 0.0217. The number of nitrogens with zero attached hydrogens (tertiary/aromatic N) is 1. The quantitative estimate of drug-likeness (QED) is 0.822. The Hall–Kier alpha value is -2.54. The number of nitrogens with one attached hydrogen (secondary N) is 1. The Labute approximate surface area is 148 Å². The number of carbonyl (C=O) groups is 1. The van der Waals surface area contributed by atoms with Gasteiger partial charge in [-0.1, -0.05) is 48.0 Å². The van der Waals surface area contributed by atoms with Gasteiger partial charge in [0.15, 0.2) is 0 Å². The van der Waals surface area contributed by atoms with Crippen LogP contribution in [0.15, 0.2) is 54.6 Å². The van der Waals surface area contributed by atoms with Crippen molar-refractivity contribution in [2.24, 2.45) is 0 Å². The fourth-order valence-corrected chi connectivity index (χ4v) is 3.19. The first-order valence-electron chi connectivity index (χ1n) is 7.86. The van der Waals surface area contributed by atoms with Crippen LogP contribution in [-0.4, -0.2) is 33.9 Å². The normalized spacial score (nSPS) is 11.0. The third-order valence-corrected chi connectivity index (χ3v) is 5.42. The van der Waals surface area contributed by atoms with Crippen molar-refractivity contribution in [1.82, 2.24) is 5.32 Å². The highest BCUT2D eigenvalue weighted by Gasteiger charge is 2.18. The molecule has 0 spiro atoms. The standard InChI is InChI=1S/C18H22N2O4S/c1-15-8-10-17(11-9-15)20(2)25(22,23)13-12-19-18(21)24-14-16-6-4-3-5-7-16/h3-11H,12-14H2,1-2H3,(H,19,21). The topological polar surface area (TPSA) is 75.7 Å². The summed E-state index contributed by atoms with van der Waals surface area (Å²) in [6.45, 7) is 2.05. The van der Waals surface area contributed by atoms with Crippen molar-refractivity contribution < 1.29 is 17.9 Å². The molecule has 0 heterocycles. The van der Waals surface area contributed by atoms with Gasteiger partial charge in [-0.3, -0.25) is 4.31 Å². The highest BCUT2D eigenvalue weighted by atomic mass is 32.2. The predicted octanol–water partition coefficient (Wildman–Crippen LogP) is 2.69. The molecule has 2 aromatic rings. The SMILES string of the molecule is Cc1ccc(N(C)S(=O)(=O)CCNC(=O)OCc2ccccc2)cc1. The summed E-state index contributed by atoms with van der Waals surface area (Å²) in [5.41, 5.74) is 2.50. The van der Waals surface area contributed by atoms with Crippen molar-refractivity contribution in [2.75, 3.05) is 23.7 Å². The second-order valence-electron chi connectivity index (χ2n) is 5.61. The molecule has 0 saturated heterocycles. The van der Waals surface area contributed by atoms with Gasteiger partial charge in [0.1, 0.15) is 6.61 Å². The number of ether oxygens (including phenoxy) is 1. The highest BCUT2D eigenvalue weighted by Crippen LogP contribution is 2.16. The number of aryl methyl sites for hydroxylation is 1. The molecule has 0 aromatic heterocycles. The number of alkyl carbamates (subject to hydrolysis) is 1. The third kappa shape index (κ3) is 5.79. The minimum Gasteiger partial charge on any atom is -0.445 e. The largest absolute Gasteiger partial charge is 0.445 e. The Kier molecular flexibility index (Phi) is 6.41. The molecule has 1 amide bonds. The van der Waals surface area contributed by atoms with E-state index in [9.17, 15) is 13.2 Å². The zero-order chi connectivity index (χ0) is 18.3. The van der Waals surface area contributed by atoms with Gasteiger partial charge in [-0.15, -0.1) is 0 Å². The molecular weight excluding hydrogens is 340 g/mol. The van der Waals surface area contributed by atoms with E-state index in [2.05, 4.69) is 5.32 Å². The van der Waals surface area contributed by atoms with Gasteiger partial charge in [-0.05, 0) is 24.6 Å². The number of benzene rings is 2. The van der Waals surface area contributed by atoms with Crippen LogP contribution < -0.4 is 9.62 Å². The van der Waals surface area contributed by atoms with Crippen molar-refractivity contribution >= 4 is 21.8 Å². The number of carbonyl (C=O) groups excluding carboxylic acids is 1. The summed E-state index contributed by atoms with van der Waals surface area (Å²) in [5.74, 6) is -0.211. The first-order chi connectivity index (χ1) is 11.9. The van der Waals surface area contributed by atoms with Crippen LogP contribution in [-0.2, 0) is 21.4 Å². The minimum atomic E-state index is -3.53. The van der Waals surface area contributed by atoms with Gasteiger partial charge in [0.25, 0.3) is 0 Å². The fraction of sp³-hybridized carbons (Fsp3) is 0.278. The Morgan fingerprint density at radius 3 is 2.36 bits per heavy atom. The number of anilines is 1. The van der Waals surface area contributed by atoms with Crippen LogP contribution in [0.3, 0.4) is 0 Å². The van der Waals surface area contributed by atoms with Gasteiger partial charge in [0.2, 0.25) is 10.0 Å². The number of rotatable bonds is 7. The lowest BCUT2D eigenvalue weighted by molar-refractivity contribution is 0.140. The van der Waals surface area contributed by atoms with E-state index in [-0.39, 0.29) is 18.9 Å². The average Bonchev–Trinajstić information content (AvgIpc) is 2.61. The van der Waals surface area contributed by atoms with E-state index in [0.717, 1.165) is 11.1 Å². The molecule has 134 valence electrons. The molecular formula is C18H22N2O4S. The Bertz CT molecular complexity index is 790. The predicted molar refractivity (Wildman–Crippen MR) is 98.0 cm³/mol. The molecule has 0 aliphatic rings. The van der Waals surface area contributed by atoms with Crippen LogP contribution in [0.4, 0.5) is 10.5 Å². The molecule has 0 atom stereocenters. The van der Waals surface area contributed by atoms with Gasteiger partial charge in [-0.25, -0.2) is 13.2 Å². The number of sulfonamides is 1. The lowest BCUT2D eigenvalue weighted by Gasteiger charge is -2.19. The summed E-state index contributed by atoms with van der Waals surface area (Å²) in [6.07, 6.45) is -0.642. The maximum atomic E-state index is 12.3. The van der Waals surface area contributed by atoms with Crippen molar-refractivity contribution in [3.05, 3.63) is 65.7 Å². The molecule has 0 aliphatic heterocycles. The van der Waals surface area contributed by atoms with E-state index in [1.54, 1.807) is 12.1 Å². The molecule has 0 aliphatic carbocycles. The lowest BCUT2D eigenvalue weighted by Crippen LogP contribution is -2.35. The van der Waals surface area contributed by atoms with Gasteiger partial charge in [0.05, 0.1) is 11.4 Å². The van der Waals surface area contributed by atoms with E-state index in [1.807, 2.05) is 49.4 Å². The summed E-state index contributed by atoms with van der Waals surface area (Å²) < 4.78 is 30.9. The molecule has 25 heavy (non-hydrogen) atoms. The number of amides is 1. The molecule has 0 bridgehead atoms. The van der Waals surface area contributed by atoms with E-state index in [0.29, 0.717) is 5.69 Å². The molecule has 0 saturated carbocycles. The third-order valence-electron chi connectivity index (χ3n) is 3.66. The zero-order valence-corrected chi connectivity index (χ0v) is 15.1. The van der Waals surface area contributed by atoms with Crippen LogP contribution in [0.5, 0.6) is 0 Å². The van der Waals surface area contributed by atoms with Crippen LogP contribution in [0.25, 0.3) is 0 Å². The van der Waals surface area contributed by atoms with Crippen LogP contribution in [0.1, 0.15) is 11.1 Å². The maximum Gasteiger partial charge on any atom is 0.407 e. The fourth-order valence-electron chi connectivity index (χ4n) is 2.11. The molecule has 2 aromatic carbocycles. The zero-order valence-electron chi connectivity index (χ0n) is 14.3. The highest BCUT2D eigenvalue weighted by molar-refractivity contribution is 7.92. The van der Waals surface area contributed by atoms with Crippen molar-refractivity contribution in [3.8, 4) is 0 Å². The van der Waals surface area contributed by atoms with Crippen molar-refractivity contribution in [2.45, 2.75) is 13.5 Å². The van der Waals surface area contributed by atoms with Gasteiger partial charge in [0, 0.05) is 13.6 Å². The van der Waals surface area contributed by atoms with Crippen LogP contribution >= 0.6 is 0 Å². The summed E-state index contributed by atoms with van der Waals surface area (Å²) in [4.78, 5) is 11.6. The Morgan fingerprint density at radius 1 is 1.08 bits per heavy atom. The van der Waals surface area contributed by atoms with Gasteiger partial charge >= 0.3 is 6.09 Å². The summed E-state index contributed by atoms with van der Waals surface area (Å²) in [5, 5.41) is 2.46. The van der Waals surface area contributed by atoms with Crippen LogP contribution in [0, 0.1) is 6.92 Å². The second kappa shape index (κ2) is 8.53. The van der Waals surface area contributed by atoms with E-state index in [1.165, 1.54) is 11.4 Å². The number of hydrogen-bond donors (Lipinski definition) is 1. The van der Waals surface area contributed by atoms with E-state index in [4.69, 9.17) is 4.74 Å². The average molecular weight is 362 g/mol. The Balaban J connectivity index is 1.79. The van der Waals surface area contributed by atoms with E-state index >= 15 is 0 Å². The van der Waals surface area contributed by atoms with Gasteiger partial charge < -0.3 is 10.1 Å². The monoisotopic (exact) mass is 362 g/mol. The smallest absolute Gasteiger partial charge is 0.407 e. The first-order valence-corrected chi connectivity index (χ1v) is 9.47. The van der Waals surface area contributed by atoms with Crippen molar-refractivity contribution in [1.29, 1.82) is 0 Å². The molecule has 2 rings (SSSR count). The number of hydrogen-bond acceptors (Lipinski definition) is 4. The molecule has 0 unspecified atom stereocenters. The van der Waals surface area contributed by atoms with E-state index < -0.39 is 16.1 Å². The van der Waals surface area contributed by atoms with Crippen molar-refractivity contribution in [3.63, 3.8) is 0 Å². The summed E-state index contributed by atoms with van der Waals surface area (Å²) in [6, 6.07) is 16.4. The molecule has 1 N–H and O–H groups in total. The second-order valence-corrected chi connectivity index (χ2v) is 7.73. The van der Waals surface area contributed by atoms with Crippen LogP contribution in [0.2, 0.25) is 0 Å².